The number of ether oxygens (including phenoxy) is 2. The molecule has 19 heavy (non-hydrogen) atoms. The lowest BCUT2D eigenvalue weighted by molar-refractivity contribution is -0.921. The molecule has 0 aliphatic carbocycles. The Morgan fingerprint density at radius 3 is 2.68 bits per heavy atom. The van der Waals surface area contributed by atoms with Gasteiger partial charge in [-0.05, 0) is 34.8 Å². The average molecular weight is 331 g/mol. The Morgan fingerprint density at radius 1 is 1.32 bits per heavy atom. The van der Waals surface area contributed by atoms with E-state index in [0.29, 0.717) is 0 Å². The van der Waals surface area contributed by atoms with Gasteiger partial charge in [0.2, 0.25) is 0 Å². The van der Waals surface area contributed by atoms with E-state index in [1.807, 2.05) is 12.1 Å². The van der Waals surface area contributed by atoms with E-state index < -0.39 is 0 Å². The first-order valence-corrected chi connectivity index (χ1v) is 7.35. The highest BCUT2D eigenvalue weighted by atomic mass is 79.9. The smallest absolute Gasteiger partial charge is 0.136 e. The van der Waals surface area contributed by atoms with Gasteiger partial charge in [-0.15, -0.1) is 0 Å². The van der Waals surface area contributed by atoms with Crippen LogP contribution >= 0.6 is 15.9 Å². The first-order chi connectivity index (χ1) is 9.13. The summed E-state index contributed by atoms with van der Waals surface area (Å²) in [5.74, 6) is 1.61. The largest absolute Gasteiger partial charge is 0.496 e. The number of quaternary nitrogens is 1. The lowest BCUT2D eigenvalue weighted by Crippen LogP contribution is -3.12. The van der Waals surface area contributed by atoms with Crippen LogP contribution in [0.3, 0.4) is 0 Å². The quantitative estimate of drug-likeness (QED) is 0.865. The van der Waals surface area contributed by atoms with E-state index in [9.17, 15) is 5.11 Å². The number of halogens is 1. The van der Waals surface area contributed by atoms with Crippen LogP contribution < -0.4 is 14.4 Å². The summed E-state index contributed by atoms with van der Waals surface area (Å²) in [7, 11) is 3.32. The van der Waals surface area contributed by atoms with E-state index in [0.717, 1.165) is 54.0 Å². The van der Waals surface area contributed by atoms with Gasteiger partial charge in [0.25, 0.3) is 0 Å². The van der Waals surface area contributed by atoms with Gasteiger partial charge in [0.15, 0.2) is 0 Å². The molecule has 0 saturated carbocycles. The molecule has 4 nitrogen and oxygen atoms in total. The summed E-state index contributed by atoms with van der Waals surface area (Å²) in [4.78, 5) is 1.40. The maximum absolute atomic E-state index is 9.74. The van der Waals surface area contributed by atoms with Crippen molar-refractivity contribution in [2.24, 2.45) is 0 Å². The highest BCUT2D eigenvalue weighted by molar-refractivity contribution is 9.10. The molecule has 1 aliphatic rings. The zero-order valence-corrected chi connectivity index (χ0v) is 13.0. The zero-order chi connectivity index (χ0) is 13.8. The van der Waals surface area contributed by atoms with Crippen LogP contribution in [0.25, 0.3) is 0 Å². The number of piperidine rings is 1. The Hall–Kier alpha value is -0.780. The second kappa shape index (κ2) is 6.59. The van der Waals surface area contributed by atoms with Gasteiger partial charge >= 0.3 is 0 Å². The molecule has 2 N–H and O–H groups in total. The van der Waals surface area contributed by atoms with Crippen LogP contribution in [0.4, 0.5) is 0 Å². The van der Waals surface area contributed by atoms with E-state index in [1.165, 1.54) is 4.90 Å². The maximum Gasteiger partial charge on any atom is 0.136 e. The number of likely N-dealkylation sites (tertiary alicyclic amines) is 1. The van der Waals surface area contributed by atoms with Gasteiger partial charge in [0.1, 0.15) is 30.7 Å². The minimum absolute atomic E-state index is 0.170. The number of nitrogens with one attached hydrogen (secondary N) is 1. The van der Waals surface area contributed by atoms with Crippen LogP contribution in [0, 0.1) is 0 Å². The first-order valence-electron chi connectivity index (χ1n) is 6.56. The fourth-order valence-electron chi connectivity index (χ4n) is 2.62. The molecule has 1 saturated heterocycles. The molecule has 1 fully saturated rings. The topological polar surface area (TPSA) is 43.1 Å². The van der Waals surface area contributed by atoms with E-state index in [1.54, 1.807) is 14.2 Å². The molecule has 1 unspecified atom stereocenters. The van der Waals surface area contributed by atoms with E-state index in [2.05, 4.69) is 15.9 Å². The molecule has 0 radical (unpaired) electrons. The number of aliphatic hydroxyl groups is 1. The van der Waals surface area contributed by atoms with E-state index in [4.69, 9.17) is 9.47 Å². The van der Waals surface area contributed by atoms with E-state index >= 15 is 0 Å². The van der Waals surface area contributed by atoms with Crippen molar-refractivity contribution in [3.05, 3.63) is 22.2 Å². The second-order valence-electron chi connectivity index (χ2n) is 4.98. The molecule has 0 spiro atoms. The molecule has 0 amide bonds. The number of hydrogen-bond donors (Lipinski definition) is 2. The van der Waals surface area contributed by atoms with Crippen LogP contribution in [-0.4, -0.2) is 38.5 Å². The van der Waals surface area contributed by atoms with Crippen molar-refractivity contribution < 1.29 is 19.5 Å². The maximum atomic E-state index is 9.74. The normalized spacial score (nSPS) is 23.2. The molecule has 1 aromatic rings. The average Bonchev–Trinajstić information content (AvgIpc) is 2.39. The second-order valence-corrected chi connectivity index (χ2v) is 5.83. The van der Waals surface area contributed by atoms with Gasteiger partial charge < -0.3 is 19.5 Å². The Kier molecular flexibility index (Phi) is 5.07. The first kappa shape index (κ1) is 14.6. The molecule has 106 valence electrons. The Bertz CT molecular complexity index is 439. The minimum Gasteiger partial charge on any atom is -0.496 e. The minimum atomic E-state index is -0.170. The van der Waals surface area contributed by atoms with Crippen molar-refractivity contribution in [1.29, 1.82) is 0 Å². The number of methoxy groups -OCH3 is 2. The van der Waals surface area contributed by atoms with Gasteiger partial charge in [-0.1, -0.05) is 0 Å². The number of benzene rings is 1. The van der Waals surface area contributed by atoms with Crippen LogP contribution in [0.5, 0.6) is 11.5 Å². The van der Waals surface area contributed by atoms with Crippen molar-refractivity contribution >= 4 is 15.9 Å². The lowest BCUT2D eigenvalue weighted by Gasteiger charge is -2.27. The molecular formula is C14H21BrNO3+. The number of aliphatic hydroxyl groups excluding tert-OH is 1. The molecule has 0 aromatic heterocycles. The fourth-order valence-corrected chi connectivity index (χ4v) is 3.17. The molecule has 2 rings (SSSR count). The molecule has 5 heteroatoms. The predicted octanol–water partition coefficient (Wildman–Crippen LogP) is 1.01. The molecular weight excluding hydrogens is 310 g/mol. The molecule has 2 atom stereocenters. The van der Waals surface area contributed by atoms with Crippen LogP contribution in [0.15, 0.2) is 16.6 Å². The van der Waals surface area contributed by atoms with Gasteiger partial charge in [0.05, 0.1) is 25.2 Å². The summed E-state index contributed by atoms with van der Waals surface area (Å²) in [6, 6.07) is 3.95. The van der Waals surface area contributed by atoms with Gasteiger partial charge in [0, 0.05) is 11.6 Å². The Balaban J connectivity index is 2.16. The summed E-state index contributed by atoms with van der Waals surface area (Å²) in [6.45, 7) is 2.78. The third-order valence-corrected chi connectivity index (χ3v) is 4.21. The standard InChI is InChI=1S/C14H20BrNO3/c1-18-13-7-14(19-2)12(15)6-10(13)8-16-5-3-4-11(17)9-16/h6-7,11,17H,3-5,8-9H2,1-2H3/p+1/t11-/m1/s1. The van der Waals surface area contributed by atoms with Crippen LogP contribution in [-0.2, 0) is 6.54 Å². The van der Waals surface area contributed by atoms with Crippen molar-refractivity contribution in [1.82, 2.24) is 0 Å². The lowest BCUT2D eigenvalue weighted by atomic mass is 10.1. The fraction of sp³-hybridized carbons (Fsp3) is 0.571. The Labute approximate surface area is 122 Å². The van der Waals surface area contributed by atoms with Crippen molar-refractivity contribution in [3.8, 4) is 11.5 Å². The van der Waals surface area contributed by atoms with Crippen molar-refractivity contribution in [2.45, 2.75) is 25.5 Å². The summed E-state index contributed by atoms with van der Waals surface area (Å²) in [6.07, 6.45) is 1.83. The number of hydrogen-bond acceptors (Lipinski definition) is 3. The summed E-state index contributed by atoms with van der Waals surface area (Å²) < 4.78 is 11.6. The highest BCUT2D eigenvalue weighted by Crippen LogP contribution is 2.32. The summed E-state index contributed by atoms with van der Waals surface area (Å²) >= 11 is 3.51. The monoisotopic (exact) mass is 330 g/mol. The predicted molar refractivity (Wildman–Crippen MR) is 76.9 cm³/mol. The third kappa shape index (κ3) is 3.61. The van der Waals surface area contributed by atoms with Crippen LogP contribution in [0.1, 0.15) is 18.4 Å². The summed E-state index contributed by atoms with van der Waals surface area (Å²) in [5, 5.41) is 9.74. The molecule has 0 bridgehead atoms. The Morgan fingerprint density at radius 2 is 2.05 bits per heavy atom. The molecule has 1 aliphatic heterocycles. The highest BCUT2D eigenvalue weighted by Gasteiger charge is 2.23. The van der Waals surface area contributed by atoms with Gasteiger partial charge in [-0.25, -0.2) is 0 Å². The van der Waals surface area contributed by atoms with Crippen molar-refractivity contribution in [2.75, 3.05) is 27.3 Å². The zero-order valence-electron chi connectivity index (χ0n) is 11.4. The SMILES string of the molecule is COc1cc(OC)c(C[NH+]2CCC[C@@H](O)C2)cc1Br. The van der Waals surface area contributed by atoms with E-state index in [-0.39, 0.29) is 6.10 Å². The molecule has 1 aromatic carbocycles. The number of rotatable bonds is 4. The van der Waals surface area contributed by atoms with Crippen molar-refractivity contribution in [3.63, 3.8) is 0 Å². The van der Waals surface area contributed by atoms with Gasteiger partial charge in [-0.3, -0.25) is 0 Å². The third-order valence-electron chi connectivity index (χ3n) is 3.59. The van der Waals surface area contributed by atoms with Gasteiger partial charge in [-0.2, -0.15) is 0 Å². The van der Waals surface area contributed by atoms with Crippen LogP contribution in [0.2, 0.25) is 0 Å². The molecule has 1 heterocycles. The summed E-state index contributed by atoms with van der Waals surface area (Å²) in [5.41, 5.74) is 1.14.